The number of rotatable bonds is 2. The molecule has 0 aromatic rings. The van der Waals surface area contributed by atoms with Gasteiger partial charge in [-0.1, -0.05) is 0 Å². The third-order valence-corrected chi connectivity index (χ3v) is 3.61. The number of hydrogen-bond donors (Lipinski definition) is 0. The summed E-state index contributed by atoms with van der Waals surface area (Å²) in [6.07, 6.45) is -39.6. The van der Waals surface area contributed by atoms with Crippen LogP contribution >= 0.6 is 0 Å². The Morgan fingerprint density at radius 2 is 0.643 bits per heavy atom. The van der Waals surface area contributed by atoms with Crippen molar-refractivity contribution in [2.24, 2.45) is 0 Å². The second-order valence-electron chi connectivity index (χ2n) is 5.19. The van der Waals surface area contributed by atoms with Crippen molar-refractivity contribution in [3.8, 4) is 0 Å². The van der Waals surface area contributed by atoms with Crippen LogP contribution in [-0.2, 0) is 4.74 Å². The predicted molar refractivity (Wildman–Crippen MR) is 45.6 cm³/mol. The van der Waals surface area contributed by atoms with Gasteiger partial charge in [-0.25, -0.2) is 4.39 Å². The fraction of sp³-hybridized carbons (Fsp3) is 1.00. The molecule has 0 saturated carbocycles. The molecule has 1 aliphatic heterocycles. The Bertz CT molecular complexity index is 583. The van der Waals surface area contributed by atoms with Gasteiger partial charge in [-0.15, -0.1) is 0 Å². The molecule has 1 saturated heterocycles. The van der Waals surface area contributed by atoms with E-state index in [-0.39, 0.29) is 0 Å². The van der Waals surface area contributed by atoms with Gasteiger partial charge in [0.15, 0.2) is 0 Å². The van der Waals surface area contributed by atoms with Gasteiger partial charge in [-0.05, 0) is 0 Å². The highest BCUT2D eigenvalue weighted by atomic mass is 19.4. The van der Waals surface area contributed by atoms with E-state index < -0.39 is 53.7 Å². The second kappa shape index (κ2) is 5.44. The zero-order chi connectivity index (χ0) is 23.2. The number of ether oxygens (including phenoxy) is 1. The summed E-state index contributed by atoms with van der Waals surface area (Å²) in [5, 5.41) is 0. The lowest BCUT2D eigenvalue weighted by molar-refractivity contribution is -0.423. The second-order valence-corrected chi connectivity index (χ2v) is 5.19. The van der Waals surface area contributed by atoms with Crippen molar-refractivity contribution < 1.29 is 83.8 Å². The first kappa shape index (κ1) is 24.7. The highest BCUT2D eigenvalue weighted by molar-refractivity contribution is 5.36. The van der Waals surface area contributed by atoms with E-state index in [2.05, 4.69) is 0 Å². The predicted octanol–water partition coefficient (Wildman–Crippen LogP) is 5.65. The van der Waals surface area contributed by atoms with Crippen LogP contribution in [0, 0.1) is 0 Å². The fourth-order valence-corrected chi connectivity index (χ4v) is 2.36. The van der Waals surface area contributed by atoms with Crippen molar-refractivity contribution >= 4 is 0 Å². The fourth-order valence-electron chi connectivity index (χ4n) is 2.36. The molecule has 1 nitrogen and oxygen atoms in total. The first-order valence-electron chi connectivity index (χ1n) is 5.81. The lowest BCUT2D eigenvalue weighted by atomic mass is 9.77. The molecule has 1 fully saturated rings. The smallest absolute Gasteiger partial charge is 0.330 e. The molecule has 28 heavy (non-hydrogen) atoms. The zero-order valence-electron chi connectivity index (χ0n) is 11.7. The van der Waals surface area contributed by atoms with E-state index in [0.29, 0.717) is 0 Å². The minimum Gasteiger partial charge on any atom is -0.330 e. The minimum atomic E-state index is -8.54. The van der Waals surface area contributed by atoms with Crippen molar-refractivity contribution in [2.45, 2.75) is 53.7 Å². The summed E-state index contributed by atoms with van der Waals surface area (Å²) in [7, 11) is 0. The Labute approximate surface area is 139 Å². The van der Waals surface area contributed by atoms with E-state index in [0.717, 1.165) is 0 Å². The molecule has 1 rings (SSSR count). The van der Waals surface area contributed by atoms with Crippen LogP contribution in [0.2, 0.25) is 0 Å². The molecule has 0 aromatic carbocycles. The summed E-state index contributed by atoms with van der Waals surface area (Å²) in [6, 6.07) is 0. The van der Waals surface area contributed by atoms with E-state index in [1.807, 2.05) is 4.74 Å². The average molecular weight is 466 g/mol. The van der Waals surface area contributed by atoms with Crippen molar-refractivity contribution in [1.82, 2.24) is 0 Å². The molecule has 0 spiro atoms. The molecule has 0 bridgehead atoms. The molecule has 0 radical (unpaired) electrons. The van der Waals surface area contributed by atoms with Gasteiger partial charge in [-0.2, -0.15) is 74.6 Å². The largest absolute Gasteiger partial charge is 0.437 e. The summed E-state index contributed by atoms with van der Waals surface area (Å²) in [4.78, 5) is 0. The first-order valence-corrected chi connectivity index (χ1v) is 5.81. The van der Waals surface area contributed by atoms with Crippen LogP contribution < -0.4 is 0 Å². The normalized spacial score (nSPS) is 25.1. The average Bonchev–Trinajstić information content (AvgIpc) is 3.06. The zero-order valence-corrected chi connectivity index (χ0v) is 11.7. The molecule has 1 atom stereocenters. The van der Waals surface area contributed by atoms with Crippen LogP contribution in [0.3, 0.4) is 0 Å². The van der Waals surface area contributed by atoms with E-state index in [1.165, 1.54) is 0 Å². The first-order chi connectivity index (χ1) is 11.7. The Morgan fingerprint density at radius 3 is 0.786 bits per heavy atom. The van der Waals surface area contributed by atoms with E-state index in [9.17, 15) is 79.0 Å². The maximum Gasteiger partial charge on any atom is 0.437 e. The number of epoxide rings is 1. The number of halogens is 18. The molecule has 168 valence electrons. The van der Waals surface area contributed by atoms with Gasteiger partial charge in [0.05, 0.1) is 0 Å². The maximum atomic E-state index is 13.7. The van der Waals surface area contributed by atoms with Crippen LogP contribution in [0.25, 0.3) is 0 Å². The van der Waals surface area contributed by atoms with E-state index >= 15 is 0 Å². The topological polar surface area (TPSA) is 12.5 Å². The Balaban J connectivity index is 4.08. The molecule has 0 amide bonds. The maximum absolute atomic E-state index is 13.7. The number of alkyl halides is 18. The Kier molecular flexibility index (Phi) is 4.80. The van der Waals surface area contributed by atoms with Crippen molar-refractivity contribution in [3.05, 3.63) is 0 Å². The van der Waals surface area contributed by atoms with E-state index in [4.69, 9.17) is 0 Å². The molecular weight excluding hydrogens is 466 g/mol. The van der Waals surface area contributed by atoms with Crippen LogP contribution in [0.15, 0.2) is 0 Å². The molecular formula is C9F18O. The quantitative estimate of drug-likeness (QED) is 0.379. The summed E-state index contributed by atoms with van der Waals surface area (Å²) in [5.41, 5.74) is -23.5. The number of hydrogen-bond acceptors (Lipinski definition) is 1. The molecule has 1 unspecified atom stereocenters. The molecule has 0 N–H and O–H groups in total. The van der Waals surface area contributed by atoms with Gasteiger partial charge < -0.3 is 4.74 Å². The molecule has 0 aliphatic carbocycles. The SMILES string of the molecule is FC(F)(F)C(F)(C(F)(F)F)C(F)(F)C1(C(F)(F)F)OC1(C(F)(F)F)C(F)(F)F. The third kappa shape index (κ3) is 2.49. The summed E-state index contributed by atoms with van der Waals surface area (Å²) in [5.74, 6) is -8.54. The van der Waals surface area contributed by atoms with Crippen molar-refractivity contribution in [2.75, 3.05) is 0 Å². The minimum absolute atomic E-state index is 1.92. The molecule has 0 aromatic heterocycles. The summed E-state index contributed by atoms with van der Waals surface area (Å²) >= 11 is 0. The van der Waals surface area contributed by atoms with Gasteiger partial charge in [0.1, 0.15) is 0 Å². The van der Waals surface area contributed by atoms with Crippen LogP contribution in [-0.4, -0.2) is 53.7 Å². The van der Waals surface area contributed by atoms with Crippen LogP contribution in [0.5, 0.6) is 0 Å². The lowest BCUT2D eigenvalue weighted by Gasteiger charge is -2.40. The molecule has 19 heteroatoms. The third-order valence-electron chi connectivity index (χ3n) is 3.61. The van der Waals surface area contributed by atoms with Gasteiger partial charge >= 0.3 is 48.1 Å². The Morgan fingerprint density at radius 1 is 0.393 bits per heavy atom. The summed E-state index contributed by atoms with van der Waals surface area (Å²) < 4.78 is 230. The standard InChI is InChI=1S/C9F18O/c10-1(5(13,14)15,6(16,17)18)4(11,12)2(7(19,20)21)3(28-2,8(22,23)24)9(25,26)27. The monoisotopic (exact) mass is 466 g/mol. The van der Waals surface area contributed by atoms with Crippen molar-refractivity contribution in [3.63, 3.8) is 0 Å². The highest BCUT2D eigenvalue weighted by Gasteiger charge is 3.11. The van der Waals surface area contributed by atoms with Crippen LogP contribution in [0.4, 0.5) is 79.0 Å². The van der Waals surface area contributed by atoms with Gasteiger partial charge in [0, 0.05) is 0 Å². The molecule has 1 heterocycles. The highest BCUT2D eigenvalue weighted by Crippen LogP contribution is 2.78. The van der Waals surface area contributed by atoms with Crippen LogP contribution in [0.1, 0.15) is 0 Å². The van der Waals surface area contributed by atoms with Crippen molar-refractivity contribution in [1.29, 1.82) is 0 Å². The van der Waals surface area contributed by atoms with Gasteiger partial charge in [0.25, 0.3) is 5.60 Å². The molecule has 1 aliphatic rings. The van der Waals surface area contributed by atoms with Gasteiger partial charge in [0.2, 0.25) is 0 Å². The summed E-state index contributed by atoms with van der Waals surface area (Å²) in [6.45, 7) is 0. The van der Waals surface area contributed by atoms with Gasteiger partial charge in [-0.3, -0.25) is 0 Å². The lowest BCUT2D eigenvalue weighted by Crippen LogP contribution is -2.75. The van der Waals surface area contributed by atoms with E-state index in [1.54, 1.807) is 0 Å². The Hall–Kier alpha value is -1.30.